The highest BCUT2D eigenvalue weighted by atomic mass is 16.5. The molecule has 3 N–H and O–H groups in total. The monoisotopic (exact) mass is 262 g/mol. The van der Waals surface area contributed by atoms with Crippen LogP contribution >= 0.6 is 0 Å². The van der Waals surface area contributed by atoms with Gasteiger partial charge in [-0.25, -0.2) is 4.98 Å². The molecule has 2 aromatic heterocycles. The minimum absolute atomic E-state index is 0.188. The molecule has 0 amide bonds. The van der Waals surface area contributed by atoms with E-state index in [1.165, 1.54) is 19.3 Å². The second-order valence-corrected chi connectivity index (χ2v) is 4.74. The Hall–Kier alpha value is -1.89. The van der Waals surface area contributed by atoms with E-state index in [4.69, 9.17) is 10.5 Å². The zero-order chi connectivity index (χ0) is 13.1. The number of hydrogen-bond donors (Lipinski definition) is 2. The summed E-state index contributed by atoms with van der Waals surface area (Å²) in [6, 6.07) is 0. The molecule has 7 heteroatoms. The van der Waals surface area contributed by atoms with Crippen molar-refractivity contribution in [3.63, 3.8) is 0 Å². The van der Waals surface area contributed by atoms with Crippen LogP contribution in [0.2, 0.25) is 0 Å². The minimum atomic E-state index is 0.188. The maximum absolute atomic E-state index is 5.72. The number of nitrogens with one attached hydrogen (secondary N) is 1. The molecular weight excluding hydrogens is 244 g/mol. The molecule has 19 heavy (non-hydrogen) atoms. The van der Waals surface area contributed by atoms with Crippen LogP contribution in [0.15, 0.2) is 6.33 Å². The number of aromatic nitrogens is 4. The number of nitrogens with two attached hydrogens (primary N) is 1. The third kappa shape index (κ3) is 2.76. The largest absolute Gasteiger partial charge is 0.475 e. The van der Waals surface area contributed by atoms with Crippen molar-refractivity contribution in [1.82, 2.24) is 24.8 Å². The van der Waals surface area contributed by atoms with Gasteiger partial charge in [-0.3, -0.25) is 4.90 Å². The van der Waals surface area contributed by atoms with Crippen LogP contribution in [0.1, 0.15) is 19.3 Å². The molecule has 1 fully saturated rings. The number of ether oxygens (including phenoxy) is 1. The number of nitrogens with zero attached hydrogens (tertiary/aromatic N) is 4. The smallest absolute Gasteiger partial charge is 0.245 e. The van der Waals surface area contributed by atoms with Crippen LogP contribution in [0, 0.1) is 0 Å². The molecule has 0 aromatic carbocycles. The van der Waals surface area contributed by atoms with Crippen molar-refractivity contribution in [2.24, 2.45) is 0 Å². The van der Waals surface area contributed by atoms with Crippen molar-refractivity contribution in [1.29, 1.82) is 0 Å². The lowest BCUT2D eigenvalue weighted by Gasteiger charge is -2.26. The van der Waals surface area contributed by atoms with E-state index in [1.54, 1.807) is 6.33 Å². The molecule has 0 atom stereocenters. The number of hydrogen-bond acceptors (Lipinski definition) is 6. The van der Waals surface area contributed by atoms with E-state index in [2.05, 4.69) is 24.8 Å². The fraction of sp³-hybridized carbons (Fsp3) is 0.583. The number of anilines is 1. The van der Waals surface area contributed by atoms with Crippen molar-refractivity contribution in [2.45, 2.75) is 19.3 Å². The second kappa shape index (κ2) is 5.40. The lowest BCUT2D eigenvalue weighted by Crippen LogP contribution is -2.33. The van der Waals surface area contributed by atoms with E-state index < -0.39 is 0 Å². The molecular formula is C12H18N6O. The summed E-state index contributed by atoms with van der Waals surface area (Å²) in [5.41, 5.74) is 6.88. The molecule has 102 valence electrons. The molecule has 0 aliphatic carbocycles. The molecule has 1 aliphatic rings. The van der Waals surface area contributed by atoms with Gasteiger partial charge in [-0.05, 0) is 25.9 Å². The van der Waals surface area contributed by atoms with Gasteiger partial charge in [-0.2, -0.15) is 9.97 Å². The van der Waals surface area contributed by atoms with Crippen molar-refractivity contribution >= 4 is 17.1 Å². The number of imidazole rings is 1. The molecule has 7 nitrogen and oxygen atoms in total. The number of rotatable bonds is 4. The minimum Gasteiger partial charge on any atom is -0.475 e. The van der Waals surface area contributed by atoms with E-state index in [0.717, 1.165) is 19.6 Å². The van der Waals surface area contributed by atoms with Crippen LogP contribution in [-0.2, 0) is 0 Å². The highest BCUT2D eigenvalue weighted by molar-refractivity contribution is 5.76. The Kier molecular flexibility index (Phi) is 3.45. The highest BCUT2D eigenvalue weighted by Gasteiger charge is 2.12. The fourth-order valence-corrected chi connectivity index (χ4v) is 2.38. The fourth-order valence-electron chi connectivity index (χ4n) is 2.38. The molecule has 3 heterocycles. The molecule has 0 radical (unpaired) electrons. The molecule has 0 saturated carbocycles. The van der Waals surface area contributed by atoms with Crippen LogP contribution < -0.4 is 10.5 Å². The van der Waals surface area contributed by atoms with Gasteiger partial charge in [0.05, 0.1) is 6.33 Å². The number of piperidine rings is 1. The van der Waals surface area contributed by atoms with Crippen molar-refractivity contribution in [3.05, 3.63) is 6.33 Å². The SMILES string of the molecule is Nc1nc(OCCN2CCCCC2)c2[nH]cnc2n1. The van der Waals surface area contributed by atoms with Crippen LogP contribution in [0.25, 0.3) is 11.2 Å². The molecule has 0 unspecified atom stereocenters. The summed E-state index contributed by atoms with van der Waals surface area (Å²) in [6.45, 7) is 3.84. The molecule has 2 aromatic rings. The number of fused-ring (bicyclic) bond motifs is 1. The van der Waals surface area contributed by atoms with Crippen LogP contribution in [0.5, 0.6) is 5.88 Å². The summed E-state index contributed by atoms with van der Waals surface area (Å²) < 4.78 is 5.72. The Morgan fingerprint density at radius 3 is 2.95 bits per heavy atom. The Morgan fingerprint density at radius 1 is 1.26 bits per heavy atom. The molecule has 0 spiro atoms. The Bertz CT molecular complexity index is 548. The van der Waals surface area contributed by atoms with Gasteiger partial charge in [0.2, 0.25) is 11.8 Å². The zero-order valence-corrected chi connectivity index (χ0v) is 10.8. The molecule has 1 aliphatic heterocycles. The van der Waals surface area contributed by atoms with Crippen LogP contribution in [0.4, 0.5) is 5.95 Å². The summed E-state index contributed by atoms with van der Waals surface area (Å²) in [5, 5.41) is 0. The third-order valence-corrected chi connectivity index (χ3v) is 3.36. The van der Waals surface area contributed by atoms with Gasteiger partial charge in [0.25, 0.3) is 0 Å². The lowest BCUT2D eigenvalue weighted by molar-refractivity contribution is 0.181. The first-order chi connectivity index (χ1) is 9.33. The molecule has 1 saturated heterocycles. The van der Waals surface area contributed by atoms with Gasteiger partial charge in [0.15, 0.2) is 5.65 Å². The predicted molar refractivity (Wildman–Crippen MR) is 71.9 cm³/mol. The van der Waals surface area contributed by atoms with E-state index in [1.807, 2.05) is 0 Å². The maximum atomic E-state index is 5.72. The van der Waals surface area contributed by atoms with E-state index in [-0.39, 0.29) is 5.95 Å². The highest BCUT2D eigenvalue weighted by Crippen LogP contribution is 2.19. The average molecular weight is 262 g/mol. The Balaban J connectivity index is 1.63. The van der Waals surface area contributed by atoms with Crippen LogP contribution in [0.3, 0.4) is 0 Å². The number of nitrogen functional groups attached to an aromatic ring is 1. The summed E-state index contributed by atoms with van der Waals surface area (Å²) >= 11 is 0. The Morgan fingerprint density at radius 2 is 2.11 bits per heavy atom. The van der Waals surface area contributed by atoms with Gasteiger partial charge < -0.3 is 15.5 Å². The molecule has 3 rings (SSSR count). The van der Waals surface area contributed by atoms with Crippen molar-refractivity contribution in [2.75, 3.05) is 32.0 Å². The van der Waals surface area contributed by atoms with E-state index >= 15 is 0 Å². The lowest BCUT2D eigenvalue weighted by atomic mass is 10.1. The first kappa shape index (κ1) is 12.2. The topological polar surface area (TPSA) is 93.0 Å². The number of likely N-dealkylation sites (tertiary alicyclic amines) is 1. The van der Waals surface area contributed by atoms with Gasteiger partial charge in [0, 0.05) is 6.54 Å². The first-order valence-electron chi connectivity index (χ1n) is 6.65. The quantitative estimate of drug-likeness (QED) is 0.846. The zero-order valence-electron chi connectivity index (χ0n) is 10.8. The molecule has 0 bridgehead atoms. The second-order valence-electron chi connectivity index (χ2n) is 4.74. The summed E-state index contributed by atoms with van der Waals surface area (Å²) in [7, 11) is 0. The van der Waals surface area contributed by atoms with Gasteiger partial charge >= 0.3 is 0 Å². The van der Waals surface area contributed by atoms with Crippen molar-refractivity contribution < 1.29 is 4.74 Å². The summed E-state index contributed by atoms with van der Waals surface area (Å²) in [4.78, 5) is 17.6. The number of aromatic amines is 1. The van der Waals surface area contributed by atoms with Crippen molar-refractivity contribution in [3.8, 4) is 5.88 Å². The Labute approximate surface area is 111 Å². The standard InChI is InChI=1S/C12H18N6O/c13-12-16-10-9(14-8-15-10)11(17-12)19-7-6-18-4-2-1-3-5-18/h8H,1-7H2,(H3,13,14,15,16,17). The predicted octanol–water partition coefficient (Wildman–Crippen LogP) is 0.800. The normalized spacial score (nSPS) is 16.8. The van der Waals surface area contributed by atoms with Gasteiger partial charge in [-0.1, -0.05) is 6.42 Å². The first-order valence-corrected chi connectivity index (χ1v) is 6.65. The van der Waals surface area contributed by atoms with E-state index in [0.29, 0.717) is 23.7 Å². The van der Waals surface area contributed by atoms with Gasteiger partial charge in [0.1, 0.15) is 12.1 Å². The maximum Gasteiger partial charge on any atom is 0.245 e. The summed E-state index contributed by atoms with van der Waals surface area (Å²) in [6.07, 6.45) is 5.47. The van der Waals surface area contributed by atoms with E-state index in [9.17, 15) is 0 Å². The third-order valence-electron chi connectivity index (χ3n) is 3.36. The average Bonchev–Trinajstić information content (AvgIpc) is 2.88. The summed E-state index contributed by atoms with van der Waals surface area (Å²) in [5.74, 6) is 0.671. The van der Waals surface area contributed by atoms with Gasteiger partial charge in [-0.15, -0.1) is 0 Å². The van der Waals surface area contributed by atoms with Crippen LogP contribution in [-0.4, -0.2) is 51.1 Å². The number of H-pyrrole nitrogens is 1.